The van der Waals surface area contributed by atoms with E-state index in [0.717, 1.165) is 18.4 Å². The lowest BCUT2D eigenvalue weighted by Gasteiger charge is -2.09. The summed E-state index contributed by atoms with van der Waals surface area (Å²) in [6.07, 6.45) is 7.52. The van der Waals surface area contributed by atoms with E-state index < -0.39 is 0 Å². The average molecular weight is 216 g/mol. The Labute approximate surface area is 90.4 Å². The summed E-state index contributed by atoms with van der Waals surface area (Å²) in [4.78, 5) is 0. The number of hydrogen-bond acceptors (Lipinski definition) is 2. The fourth-order valence-electron chi connectivity index (χ4n) is 1.52. The Morgan fingerprint density at radius 2 is 2.21 bits per heavy atom. The van der Waals surface area contributed by atoms with E-state index in [1.54, 1.807) is 6.26 Å². The third kappa shape index (κ3) is 3.35. The van der Waals surface area contributed by atoms with Gasteiger partial charge in [0, 0.05) is 11.6 Å². The molecule has 1 unspecified atom stereocenters. The molecule has 0 bridgehead atoms. The highest BCUT2D eigenvalue weighted by molar-refractivity contribution is 6.29. The smallest absolute Gasteiger partial charge is 0.197 e. The Morgan fingerprint density at radius 1 is 1.43 bits per heavy atom. The summed E-state index contributed by atoms with van der Waals surface area (Å²) in [5, 5.41) is 0.438. The number of rotatable bonds is 6. The molecule has 0 aliphatic carbocycles. The van der Waals surface area contributed by atoms with Crippen LogP contribution >= 0.6 is 11.6 Å². The Kier molecular flexibility index (Phi) is 5.05. The predicted octanol–water partition coefficient (Wildman–Crippen LogP) is 3.90. The molecule has 80 valence electrons. The minimum absolute atomic E-state index is 0.0260. The van der Waals surface area contributed by atoms with E-state index in [2.05, 4.69) is 6.92 Å². The first-order valence-electron chi connectivity index (χ1n) is 5.24. The summed E-state index contributed by atoms with van der Waals surface area (Å²) in [6, 6.07) is 1.88. The topological polar surface area (TPSA) is 39.2 Å². The van der Waals surface area contributed by atoms with Crippen LogP contribution in [0.3, 0.4) is 0 Å². The van der Waals surface area contributed by atoms with Crippen molar-refractivity contribution in [3.05, 3.63) is 23.1 Å². The first kappa shape index (κ1) is 11.6. The second-order valence-corrected chi connectivity index (χ2v) is 3.95. The SMILES string of the molecule is CCCCCCC(N)c1ccoc1Cl. The van der Waals surface area contributed by atoms with Gasteiger partial charge in [0.15, 0.2) is 5.22 Å². The van der Waals surface area contributed by atoms with Crippen molar-refractivity contribution in [2.45, 2.75) is 45.1 Å². The van der Waals surface area contributed by atoms with E-state index >= 15 is 0 Å². The van der Waals surface area contributed by atoms with Gasteiger partial charge < -0.3 is 10.2 Å². The molecule has 0 aromatic carbocycles. The highest BCUT2D eigenvalue weighted by Crippen LogP contribution is 2.25. The van der Waals surface area contributed by atoms with Crippen LogP contribution in [0.5, 0.6) is 0 Å². The summed E-state index contributed by atoms with van der Waals surface area (Å²) in [5.74, 6) is 0. The standard InChI is InChI=1S/C11H18ClNO/c1-2-3-4-5-6-10(13)9-7-8-14-11(9)12/h7-8,10H,2-6,13H2,1H3. The average Bonchev–Trinajstić information content (AvgIpc) is 2.59. The van der Waals surface area contributed by atoms with Gasteiger partial charge in [-0.15, -0.1) is 0 Å². The van der Waals surface area contributed by atoms with Crippen molar-refractivity contribution < 1.29 is 4.42 Å². The van der Waals surface area contributed by atoms with Crippen LogP contribution in [0, 0.1) is 0 Å². The van der Waals surface area contributed by atoms with E-state index in [-0.39, 0.29) is 6.04 Å². The van der Waals surface area contributed by atoms with Crippen molar-refractivity contribution in [3.8, 4) is 0 Å². The van der Waals surface area contributed by atoms with Crippen molar-refractivity contribution in [1.29, 1.82) is 0 Å². The van der Waals surface area contributed by atoms with Gasteiger partial charge in [0.25, 0.3) is 0 Å². The lowest BCUT2D eigenvalue weighted by Crippen LogP contribution is -2.09. The maximum atomic E-state index is 5.98. The molecule has 1 atom stereocenters. The zero-order valence-corrected chi connectivity index (χ0v) is 9.39. The Balaban J connectivity index is 2.28. The highest BCUT2D eigenvalue weighted by atomic mass is 35.5. The summed E-state index contributed by atoms with van der Waals surface area (Å²) >= 11 is 5.83. The van der Waals surface area contributed by atoms with E-state index in [9.17, 15) is 0 Å². The monoisotopic (exact) mass is 215 g/mol. The van der Waals surface area contributed by atoms with Crippen LogP contribution in [0.15, 0.2) is 16.7 Å². The van der Waals surface area contributed by atoms with Crippen LogP contribution in [-0.2, 0) is 0 Å². The van der Waals surface area contributed by atoms with E-state index in [1.165, 1.54) is 19.3 Å². The normalized spacial score (nSPS) is 13.1. The molecule has 1 heterocycles. The maximum Gasteiger partial charge on any atom is 0.197 e. The van der Waals surface area contributed by atoms with Gasteiger partial charge in [0.05, 0.1) is 6.26 Å². The Hall–Kier alpha value is -0.470. The molecule has 0 aliphatic rings. The summed E-state index contributed by atoms with van der Waals surface area (Å²) in [7, 11) is 0. The number of nitrogens with two attached hydrogens (primary N) is 1. The lowest BCUT2D eigenvalue weighted by atomic mass is 10.0. The lowest BCUT2D eigenvalue weighted by molar-refractivity contribution is 0.541. The molecule has 3 heteroatoms. The zero-order chi connectivity index (χ0) is 10.4. The van der Waals surface area contributed by atoms with Gasteiger partial charge in [0.2, 0.25) is 0 Å². The molecule has 2 N–H and O–H groups in total. The number of furan rings is 1. The van der Waals surface area contributed by atoms with Gasteiger partial charge in [-0.05, 0) is 24.1 Å². The molecular formula is C11H18ClNO. The van der Waals surface area contributed by atoms with Crippen LogP contribution in [0.25, 0.3) is 0 Å². The van der Waals surface area contributed by atoms with Gasteiger partial charge in [0.1, 0.15) is 0 Å². The predicted molar refractivity (Wildman–Crippen MR) is 59.4 cm³/mol. The van der Waals surface area contributed by atoms with E-state index in [4.69, 9.17) is 21.8 Å². The van der Waals surface area contributed by atoms with Crippen LogP contribution in [0.4, 0.5) is 0 Å². The van der Waals surface area contributed by atoms with Crippen LogP contribution < -0.4 is 5.73 Å². The van der Waals surface area contributed by atoms with Gasteiger partial charge in [-0.25, -0.2) is 0 Å². The van der Waals surface area contributed by atoms with Gasteiger partial charge in [-0.2, -0.15) is 0 Å². The molecule has 0 radical (unpaired) electrons. The fraction of sp³-hybridized carbons (Fsp3) is 0.636. The van der Waals surface area contributed by atoms with E-state index in [1.807, 2.05) is 6.07 Å². The summed E-state index contributed by atoms with van der Waals surface area (Å²) < 4.78 is 5.00. The minimum Gasteiger partial charge on any atom is -0.453 e. The maximum absolute atomic E-state index is 5.98. The summed E-state index contributed by atoms with van der Waals surface area (Å²) in [6.45, 7) is 2.20. The van der Waals surface area contributed by atoms with Crippen molar-refractivity contribution in [3.63, 3.8) is 0 Å². The molecule has 0 aliphatic heterocycles. The molecule has 0 spiro atoms. The molecule has 0 saturated carbocycles. The van der Waals surface area contributed by atoms with Crippen molar-refractivity contribution >= 4 is 11.6 Å². The first-order chi connectivity index (χ1) is 6.75. The largest absolute Gasteiger partial charge is 0.453 e. The van der Waals surface area contributed by atoms with Gasteiger partial charge in [-0.3, -0.25) is 0 Å². The minimum atomic E-state index is 0.0260. The Bertz CT molecular complexity index is 260. The second kappa shape index (κ2) is 6.10. The molecule has 2 nitrogen and oxygen atoms in total. The van der Waals surface area contributed by atoms with Crippen molar-refractivity contribution in [2.75, 3.05) is 0 Å². The molecule has 0 saturated heterocycles. The van der Waals surface area contributed by atoms with Crippen LogP contribution in [0.2, 0.25) is 5.22 Å². The highest BCUT2D eigenvalue weighted by Gasteiger charge is 2.11. The summed E-state index contributed by atoms with van der Waals surface area (Å²) in [5.41, 5.74) is 6.91. The third-order valence-electron chi connectivity index (χ3n) is 2.41. The van der Waals surface area contributed by atoms with E-state index in [0.29, 0.717) is 5.22 Å². The van der Waals surface area contributed by atoms with Crippen LogP contribution in [-0.4, -0.2) is 0 Å². The van der Waals surface area contributed by atoms with Crippen molar-refractivity contribution in [2.24, 2.45) is 5.73 Å². The van der Waals surface area contributed by atoms with Crippen LogP contribution in [0.1, 0.15) is 50.6 Å². The molecule has 1 rings (SSSR count). The number of halogens is 1. The van der Waals surface area contributed by atoms with Gasteiger partial charge >= 0.3 is 0 Å². The van der Waals surface area contributed by atoms with Crippen molar-refractivity contribution in [1.82, 2.24) is 0 Å². The molecular weight excluding hydrogens is 198 g/mol. The molecule has 0 fully saturated rings. The number of hydrogen-bond donors (Lipinski definition) is 1. The molecule has 1 aromatic rings. The quantitative estimate of drug-likeness (QED) is 0.731. The fourth-order valence-corrected chi connectivity index (χ4v) is 1.77. The zero-order valence-electron chi connectivity index (χ0n) is 8.63. The third-order valence-corrected chi connectivity index (χ3v) is 2.72. The molecule has 0 amide bonds. The van der Waals surface area contributed by atoms with Gasteiger partial charge in [-0.1, -0.05) is 32.6 Å². The molecule has 14 heavy (non-hydrogen) atoms. The molecule has 1 aromatic heterocycles. The number of unbranched alkanes of at least 4 members (excludes halogenated alkanes) is 3. The first-order valence-corrected chi connectivity index (χ1v) is 5.62. The Morgan fingerprint density at radius 3 is 2.79 bits per heavy atom. The second-order valence-electron chi connectivity index (χ2n) is 3.61.